The standard InChI is InChI=1S/C14H22N2O4/c1-14(2,3)20-8-7-19-13-6-5-11(10-15-4)9-12(13)16(17)18/h5-6,9,15H,7-8,10H2,1-4H3. The smallest absolute Gasteiger partial charge is 0.311 e. The average molecular weight is 282 g/mol. The summed E-state index contributed by atoms with van der Waals surface area (Å²) in [6.45, 7) is 7.09. The van der Waals surface area contributed by atoms with Gasteiger partial charge in [-0.15, -0.1) is 0 Å². The van der Waals surface area contributed by atoms with Crippen molar-refractivity contribution in [1.82, 2.24) is 5.32 Å². The molecule has 0 aliphatic carbocycles. The molecule has 0 heterocycles. The van der Waals surface area contributed by atoms with Crippen LogP contribution in [0.1, 0.15) is 26.3 Å². The lowest BCUT2D eigenvalue weighted by molar-refractivity contribution is -0.386. The van der Waals surface area contributed by atoms with E-state index in [9.17, 15) is 10.1 Å². The second-order valence-corrected chi connectivity index (χ2v) is 5.40. The molecule has 0 saturated heterocycles. The van der Waals surface area contributed by atoms with Gasteiger partial charge in [0, 0.05) is 12.6 Å². The summed E-state index contributed by atoms with van der Waals surface area (Å²) in [6.07, 6.45) is 0. The summed E-state index contributed by atoms with van der Waals surface area (Å²) in [5, 5.41) is 14.0. The molecule has 0 amide bonds. The molecule has 1 aromatic carbocycles. The third kappa shape index (κ3) is 5.54. The summed E-state index contributed by atoms with van der Waals surface area (Å²) in [4.78, 5) is 10.6. The number of hydrogen-bond donors (Lipinski definition) is 1. The Labute approximate surface area is 119 Å². The van der Waals surface area contributed by atoms with Gasteiger partial charge in [0.25, 0.3) is 0 Å². The molecule has 0 unspecified atom stereocenters. The van der Waals surface area contributed by atoms with Crippen molar-refractivity contribution in [2.75, 3.05) is 20.3 Å². The maximum absolute atomic E-state index is 11.0. The second kappa shape index (κ2) is 7.21. The molecule has 0 aliphatic heterocycles. The molecule has 112 valence electrons. The van der Waals surface area contributed by atoms with Crippen LogP contribution in [0.5, 0.6) is 5.75 Å². The molecule has 6 nitrogen and oxygen atoms in total. The maximum atomic E-state index is 11.0. The Bertz CT molecular complexity index is 455. The Balaban J connectivity index is 2.67. The Hall–Kier alpha value is -1.66. The highest BCUT2D eigenvalue weighted by molar-refractivity contribution is 5.48. The fourth-order valence-corrected chi connectivity index (χ4v) is 1.64. The summed E-state index contributed by atoms with van der Waals surface area (Å²) in [5.41, 5.74) is 0.581. The lowest BCUT2D eigenvalue weighted by Crippen LogP contribution is -2.22. The summed E-state index contributed by atoms with van der Waals surface area (Å²) in [6, 6.07) is 4.96. The average Bonchev–Trinajstić information content (AvgIpc) is 2.35. The minimum atomic E-state index is -0.431. The number of nitro groups is 1. The van der Waals surface area contributed by atoms with Crippen molar-refractivity contribution in [2.24, 2.45) is 0 Å². The highest BCUT2D eigenvalue weighted by Gasteiger charge is 2.16. The molecule has 1 N–H and O–H groups in total. The number of ether oxygens (including phenoxy) is 2. The molecule has 6 heteroatoms. The topological polar surface area (TPSA) is 73.6 Å². The number of rotatable bonds is 7. The van der Waals surface area contributed by atoms with E-state index in [0.29, 0.717) is 13.2 Å². The third-order valence-electron chi connectivity index (χ3n) is 2.48. The molecular weight excluding hydrogens is 260 g/mol. The van der Waals surface area contributed by atoms with Crippen LogP contribution in [0.15, 0.2) is 18.2 Å². The molecule has 0 radical (unpaired) electrons. The monoisotopic (exact) mass is 282 g/mol. The van der Waals surface area contributed by atoms with Crippen molar-refractivity contribution in [1.29, 1.82) is 0 Å². The summed E-state index contributed by atoms with van der Waals surface area (Å²) < 4.78 is 10.9. The van der Waals surface area contributed by atoms with E-state index in [4.69, 9.17) is 9.47 Å². The molecular formula is C14H22N2O4. The van der Waals surface area contributed by atoms with Gasteiger partial charge in [-0.3, -0.25) is 10.1 Å². The molecule has 20 heavy (non-hydrogen) atoms. The number of benzene rings is 1. The summed E-state index contributed by atoms with van der Waals surface area (Å²) in [7, 11) is 1.79. The van der Waals surface area contributed by atoms with E-state index in [0.717, 1.165) is 5.56 Å². The van der Waals surface area contributed by atoms with Crippen LogP contribution in [0.3, 0.4) is 0 Å². The molecule has 0 saturated carbocycles. The van der Waals surface area contributed by atoms with Gasteiger partial charge in [0.1, 0.15) is 6.61 Å². The molecule has 0 bridgehead atoms. The first-order valence-corrected chi connectivity index (χ1v) is 6.52. The van der Waals surface area contributed by atoms with Crippen LogP contribution in [0, 0.1) is 10.1 Å². The van der Waals surface area contributed by atoms with Gasteiger partial charge in [-0.2, -0.15) is 0 Å². The fraction of sp³-hybridized carbons (Fsp3) is 0.571. The van der Waals surface area contributed by atoms with Gasteiger partial charge in [0.15, 0.2) is 5.75 Å². The highest BCUT2D eigenvalue weighted by atomic mass is 16.6. The number of nitrogens with one attached hydrogen (secondary N) is 1. The van der Waals surface area contributed by atoms with E-state index in [1.54, 1.807) is 13.1 Å². The molecule has 0 aromatic heterocycles. The molecule has 0 spiro atoms. The van der Waals surface area contributed by atoms with Crippen molar-refractivity contribution >= 4 is 5.69 Å². The van der Waals surface area contributed by atoms with Crippen molar-refractivity contribution in [3.05, 3.63) is 33.9 Å². The second-order valence-electron chi connectivity index (χ2n) is 5.40. The van der Waals surface area contributed by atoms with E-state index in [1.807, 2.05) is 26.8 Å². The Morgan fingerprint density at radius 3 is 2.55 bits per heavy atom. The summed E-state index contributed by atoms with van der Waals surface area (Å²) in [5.74, 6) is 0.271. The van der Waals surface area contributed by atoms with E-state index < -0.39 is 4.92 Å². The lowest BCUT2D eigenvalue weighted by Gasteiger charge is -2.19. The van der Waals surface area contributed by atoms with Gasteiger partial charge in [0.05, 0.1) is 17.1 Å². The quantitative estimate of drug-likeness (QED) is 0.472. The number of nitrogens with zero attached hydrogens (tertiary/aromatic N) is 1. The van der Waals surface area contributed by atoms with Gasteiger partial charge in [0.2, 0.25) is 0 Å². The Morgan fingerprint density at radius 1 is 1.30 bits per heavy atom. The van der Waals surface area contributed by atoms with Crippen LogP contribution >= 0.6 is 0 Å². The highest BCUT2D eigenvalue weighted by Crippen LogP contribution is 2.28. The molecule has 0 atom stereocenters. The normalized spacial score (nSPS) is 11.4. The van der Waals surface area contributed by atoms with Gasteiger partial charge in [-0.25, -0.2) is 0 Å². The fourth-order valence-electron chi connectivity index (χ4n) is 1.64. The predicted molar refractivity (Wildman–Crippen MR) is 77.1 cm³/mol. The van der Waals surface area contributed by atoms with Gasteiger partial charge in [-0.1, -0.05) is 6.07 Å². The van der Waals surface area contributed by atoms with Crippen LogP contribution in [0.4, 0.5) is 5.69 Å². The van der Waals surface area contributed by atoms with Gasteiger partial charge >= 0.3 is 5.69 Å². The van der Waals surface area contributed by atoms with E-state index >= 15 is 0 Å². The van der Waals surface area contributed by atoms with Gasteiger partial charge in [-0.05, 0) is 39.4 Å². The minimum absolute atomic E-state index is 0.0199. The zero-order valence-electron chi connectivity index (χ0n) is 12.4. The van der Waals surface area contributed by atoms with Crippen LogP contribution < -0.4 is 10.1 Å². The Morgan fingerprint density at radius 2 is 2.00 bits per heavy atom. The minimum Gasteiger partial charge on any atom is -0.484 e. The van der Waals surface area contributed by atoms with Crippen molar-refractivity contribution in [3.8, 4) is 5.75 Å². The van der Waals surface area contributed by atoms with E-state index in [2.05, 4.69) is 5.32 Å². The van der Waals surface area contributed by atoms with Gasteiger partial charge < -0.3 is 14.8 Å². The first-order valence-electron chi connectivity index (χ1n) is 6.52. The molecule has 1 rings (SSSR count). The predicted octanol–water partition coefficient (Wildman–Crippen LogP) is 2.51. The molecule has 0 aliphatic rings. The maximum Gasteiger partial charge on any atom is 0.311 e. The zero-order chi connectivity index (χ0) is 15.2. The van der Waals surface area contributed by atoms with Crippen molar-refractivity contribution < 1.29 is 14.4 Å². The van der Waals surface area contributed by atoms with E-state index in [-0.39, 0.29) is 23.6 Å². The van der Waals surface area contributed by atoms with Crippen molar-refractivity contribution in [3.63, 3.8) is 0 Å². The SMILES string of the molecule is CNCc1ccc(OCCOC(C)(C)C)c([N+](=O)[O-])c1. The molecule has 0 fully saturated rings. The summed E-state index contributed by atoms with van der Waals surface area (Å²) >= 11 is 0. The van der Waals surface area contributed by atoms with E-state index in [1.165, 1.54) is 6.07 Å². The largest absolute Gasteiger partial charge is 0.484 e. The molecule has 1 aromatic rings. The van der Waals surface area contributed by atoms with Crippen LogP contribution in [-0.4, -0.2) is 30.8 Å². The zero-order valence-corrected chi connectivity index (χ0v) is 12.4. The van der Waals surface area contributed by atoms with Crippen LogP contribution in [0.2, 0.25) is 0 Å². The first kappa shape index (κ1) is 16.4. The number of nitro benzene ring substituents is 1. The first-order chi connectivity index (χ1) is 9.33. The van der Waals surface area contributed by atoms with Crippen LogP contribution in [-0.2, 0) is 11.3 Å². The number of hydrogen-bond acceptors (Lipinski definition) is 5. The third-order valence-corrected chi connectivity index (χ3v) is 2.48. The van der Waals surface area contributed by atoms with Crippen LogP contribution in [0.25, 0.3) is 0 Å². The lowest BCUT2D eigenvalue weighted by atomic mass is 10.2. The Kier molecular flexibility index (Phi) is 5.91. The van der Waals surface area contributed by atoms with Crippen molar-refractivity contribution in [2.45, 2.75) is 32.9 Å².